The molecule has 29 heavy (non-hydrogen) atoms. The van der Waals surface area contributed by atoms with Gasteiger partial charge in [-0.05, 0) is 35.9 Å². The maximum Gasteiger partial charge on any atom is 0.311 e. The summed E-state index contributed by atoms with van der Waals surface area (Å²) in [6.45, 7) is 0. The molecule has 0 aliphatic carbocycles. The Kier molecular flexibility index (Phi) is 6.78. The molecule has 1 aromatic heterocycles. The van der Waals surface area contributed by atoms with Crippen LogP contribution >= 0.6 is 23.1 Å². The Hall–Kier alpha value is -2.98. The molecule has 0 spiro atoms. The summed E-state index contributed by atoms with van der Waals surface area (Å²) in [5, 5.41) is 16.0. The van der Waals surface area contributed by atoms with Crippen LogP contribution in [0.2, 0.25) is 0 Å². The van der Waals surface area contributed by atoms with Gasteiger partial charge in [-0.3, -0.25) is 14.9 Å². The van der Waals surface area contributed by atoms with Crippen LogP contribution in [0.3, 0.4) is 0 Å². The fraction of sp³-hybridized carbons (Fsp3) is 0.158. The van der Waals surface area contributed by atoms with Gasteiger partial charge in [-0.15, -0.1) is 23.1 Å². The molecule has 0 aliphatic heterocycles. The third kappa shape index (κ3) is 5.52. The van der Waals surface area contributed by atoms with Crippen LogP contribution in [0.4, 0.5) is 15.2 Å². The van der Waals surface area contributed by atoms with Crippen LogP contribution in [-0.2, 0) is 10.5 Å². The lowest BCUT2D eigenvalue weighted by atomic mass is 10.2. The van der Waals surface area contributed by atoms with Crippen molar-refractivity contribution >= 4 is 39.8 Å². The minimum atomic E-state index is -0.499. The molecule has 1 N–H and O–H groups in total. The number of nitro groups is 1. The van der Waals surface area contributed by atoms with Gasteiger partial charge in [0.05, 0.1) is 23.5 Å². The smallest absolute Gasteiger partial charge is 0.311 e. The Labute approximate surface area is 174 Å². The molecule has 1 amide bonds. The number of ether oxygens (including phenoxy) is 1. The van der Waals surface area contributed by atoms with Crippen molar-refractivity contribution in [2.75, 3.05) is 18.2 Å². The van der Waals surface area contributed by atoms with Crippen molar-refractivity contribution in [3.05, 3.63) is 69.3 Å². The molecular formula is C19H16FN3O4S2. The number of aromatic nitrogens is 1. The first-order chi connectivity index (χ1) is 14.0. The summed E-state index contributed by atoms with van der Waals surface area (Å²) in [4.78, 5) is 27.0. The van der Waals surface area contributed by atoms with Gasteiger partial charge in [-0.25, -0.2) is 9.37 Å². The summed E-state index contributed by atoms with van der Waals surface area (Å²) in [6, 6.07) is 10.7. The highest BCUT2D eigenvalue weighted by atomic mass is 32.2. The number of thioether (sulfide) groups is 1. The number of nitro benzene ring substituents is 1. The summed E-state index contributed by atoms with van der Waals surface area (Å²) in [5.41, 5.74) is 2.04. The highest BCUT2D eigenvalue weighted by Gasteiger charge is 2.15. The van der Waals surface area contributed by atoms with Crippen LogP contribution in [-0.4, -0.2) is 28.7 Å². The molecule has 0 saturated carbocycles. The number of halogens is 1. The maximum absolute atomic E-state index is 13.0. The van der Waals surface area contributed by atoms with E-state index in [0.29, 0.717) is 16.6 Å². The van der Waals surface area contributed by atoms with E-state index >= 15 is 0 Å². The fourth-order valence-corrected chi connectivity index (χ4v) is 3.98. The minimum Gasteiger partial charge on any atom is -0.490 e. The topological polar surface area (TPSA) is 94.4 Å². The van der Waals surface area contributed by atoms with Gasteiger partial charge in [0.15, 0.2) is 10.9 Å². The van der Waals surface area contributed by atoms with Crippen LogP contribution in [0.1, 0.15) is 5.56 Å². The van der Waals surface area contributed by atoms with Gasteiger partial charge in [-0.2, -0.15) is 0 Å². The second-order valence-electron chi connectivity index (χ2n) is 5.85. The van der Waals surface area contributed by atoms with Gasteiger partial charge in [0, 0.05) is 22.8 Å². The van der Waals surface area contributed by atoms with Gasteiger partial charge in [0.1, 0.15) is 5.82 Å². The quantitative estimate of drug-likeness (QED) is 0.407. The lowest BCUT2D eigenvalue weighted by Gasteiger charge is -2.05. The number of hydrogen-bond donors (Lipinski definition) is 1. The molecule has 0 atom stereocenters. The van der Waals surface area contributed by atoms with Crippen molar-refractivity contribution in [1.82, 2.24) is 4.98 Å². The second-order valence-corrected chi connectivity index (χ2v) is 7.69. The molecule has 3 aromatic rings. The van der Waals surface area contributed by atoms with E-state index in [1.807, 2.05) is 0 Å². The molecule has 0 unspecified atom stereocenters. The lowest BCUT2D eigenvalue weighted by molar-refractivity contribution is -0.385. The average Bonchev–Trinajstić information content (AvgIpc) is 3.16. The summed E-state index contributed by atoms with van der Waals surface area (Å²) in [5.74, 6) is 0.263. The molecule has 0 radical (unpaired) electrons. The number of benzene rings is 2. The number of anilines is 1. The van der Waals surface area contributed by atoms with Crippen LogP contribution < -0.4 is 10.1 Å². The van der Waals surface area contributed by atoms with Crippen molar-refractivity contribution in [3.63, 3.8) is 0 Å². The van der Waals surface area contributed by atoms with Gasteiger partial charge >= 0.3 is 5.69 Å². The van der Waals surface area contributed by atoms with Crippen LogP contribution in [0.5, 0.6) is 5.75 Å². The normalized spacial score (nSPS) is 10.6. The van der Waals surface area contributed by atoms with E-state index < -0.39 is 4.92 Å². The highest BCUT2D eigenvalue weighted by Crippen LogP contribution is 2.29. The molecular weight excluding hydrogens is 417 g/mol. The zero-order valence-electron chi connectivity index (χ0n) is 15.3. The van der Waals surface area contributed by atoms with Crippen molar-refractivity contribution in [2.24, 2.45) is 0 Å². The Balaban J connectivity index is 1.52. The Bertz CT molecular complexity index is 1020. The summed E-state index contributed by atoms with van der Waals surface area (Å²) < 4.78 is 18.0. The molecule has 3 rings (SSSR count). The molecule has 7 nitrogen and oxygen atoms in total. The third-order valence-electron chi connectivity index (χ3n) is 3.83. The number of nitrogens with one attached hydrogen (secondary N) is 1. The monoisotopic (exact) mass is 433 g/mol. The van der Waals surface area contributed by atoms with Crippen molar-refractivity contribution < 1.29 is 18.8 Å². The molecule has 2 aromatic carbocycles. The van der Waals surface area contributed by atoms with Gasteiger partial charge in [-0.1, -0.05) is 6.07 Å². The minimum absolute atomic E-state index is 0.105. The van der Waals surface area contributed by atoms with Crippen molar-refractivity contribution in [1.29, 1.82) is 0 Å². The number of nitrogens with zero attached hydrogens (tertiary/aromatic N) is 2. The summed E-state index contributed by atoms with van der Waals surface area (Å²) >= 11 is 2.61. The third-order valence-corrected chi connectivity index (χ3v) is 5.59. The second kappa shape index (κ2) is 9.48. The Morgan fingerprint density at radius 1 is 1.31 bits per heavy atom. The summed E-state index contributed by atoms with van der Waals surface area (Å²) in [7, 11) is 1.38. The molecule has 150 valence electrons. The first kappa shape index (κ1) is 20.7. The van der Waals surface area contributed by atoms with Gasteiger partial charge in [0.2, 0.25) is 5.91 Å². The molecule has 10 heteroatoms. The van der Waals surface area contributed by atoms with Gasteiger partial charge in [0.25, 0.3) is 0 Å². The molecule has 1 heterocycles. The number of amides is 1. The molecule has 0 fully saturated rings. The number of thiazole rings is 1. The van der Waals surface area contributed by atoms with E-state index in [1.165, 1.54) is 48.4 Å². The largest absolute Gasteiger partial charge is 0.490 e. The van der Waals surface area contributed by atoms with E-state index in [4.69, 9.17) is 4.74 Å². The molecule has 0 aliphatic rings. The van der Waals surface area contributed by atoms with Gasteiger partial charge < -0.3 is 10.1 Å². The number of hydrogen-bond acceptors (Lipinski definition) is 7. The van der Waals surface area contributed by atoms with E-state index in [0.717, 1.165) is 11.1 Å². The lowest BCUT2D eigenvalue weighted by Crippen LogP contribution is -2.14. The van der Waals surface area contributed by atoms with E-state index in [9.17, 15) is 19.3 Å². The first-order valence-electron chi connectivity index (χ1n) is 8.36. The van der Waals surface area contributed by atoms with Crippen LogP contribution in [0.25, 0.3) is 11.3 Å². The first-order valence-corrected chi connectivity index (χ1v) is 10.4. The Morgan fingerprint density at radius 3 is 2.76 bits per heavy atom. The average molecular weight is 433 g/mol. The van der Waals surface area contributed by atoms with Crippen LogP contribution in [0, 0.1) is 15.9 Å². The van der Waals surface area contributed by atoms with E-state index in [-0.39, 0.29) is 28.9 Å². The Morgan fingerprint density at radius 2 is 2.07 bits per heavy atom. The summed E-state index contributed by atoms with van der Waals surface area (Å²) in [6.07, 6.45) is 0. The van der Waals surface area contributed by atoms with Crippen molar-refractivity contribution in [3.8, 4) is 17.0 Å². The SMILES string of the molecule is COc1ccc(CSCC(=O)Nc2nc(-c3ccc(F)cc3)cs2)cc1[N+](=O)[O-]. The van der Waals surface area contributed by atoms with Crippen LogP contribution in [0.15, 0.2) is 47.8 Å². The number of carbonyl (C=O) groups is 1. The zero-order valence-corrected chi connectivity index (χ0v) is 16.9. The predicted molar refractivity (Wildman–Crippen MR) is 112 cm³/mol. The fourth-order valence-electron chi connectivity index (χ4n) is 2.47. The zero-order chi connectivity index (χ0) is 20.8. The maximum atomic E-state index is 13.0. The molecule has 0 saturated heterocycles. The van der Waals surface area contributed by atoms with E-state index in [1.54, 1.807) is 29.6 Å². The number of methoxy groups -OCH3 is 1. The van der Waals surface area contributed by atoms with Crippen molar-refractivity contribution in [2.45, 2.75) is 5.75 Å². The standard InChI is InChI=1S/C19H16FN3O4S2/c1-27-17-7-2-12(8-16(17)23(25)26)9-28-11-18(24)22-19-21-15(10-29-19)13-3-5-14(20)6-4-13/h2-8,10H,9,11H2,1H3,(H,21,22,24). The highest BCUT2D eigenvalue weighted by molar-refractivity contribution is 7.99. The number of rotatable bonds is 8. The predicted octanol–water partition coefficient (Wildman–Crippen LogP) is 4.74. The molecule has 0 bridgehead atoms. The van der Waals surface area contributed by atoms with E-state index in [2.05, 4.69) is 10.3 Å². The number of carbonyl (C=O) groups excluding carboxylic acids is 1.